The van der Waals surface area contributed by atoms with Gasteiger partial charge in [0.1, 0.15) is 17.8 Å². The van der Waals surface area contributed by atoms with Gasteiger partial charge >= 0.3 is 0 Å². The van der Waals surface area contributed by atoms with Crippen molar-refractivity contribution in [2.24, 2.45) is 17.2 Å². The van der Waals surface area contributed by atoms with Crippen molar-refractivity contribution in [2.45, 2.75) is 83.3 Å². The van der Waals surface area contributed by atoms with Gasteiger partial charge in [0.15, 0.2) is 5.82 Å². The summed E-state index contributed by atoms with van der Waals surface area (Å²) in [6, 6.07) is 10.5. The van der Waals surface area contributed by atoms with Crippen LogP contribution in [0.5, 0.6) is 5.75 Å². The number of phenols is 1. The van der Waals surface area contributed by atoms with E-state index in [0.717, 1.165) is 28.7 Å². The van der Waals surface area contributed by atoms with E-state index in [1.165, 1.54) is 0 Å². The summed E-state index contributed by atoms with van der Waals surface area (Å²) < 4.78 is 5.59. The molecule has 12 heteroatoms. The summed E-state index contributed by atoms with van der Waals surface area (Å²) in [6.07, 6.45) is 3.75. The largest absolute Gasteiger partial charge is 0.508 e. The molecule has 2 aromatic carbocycles. The molecule has 0 bridgehead atoms. The second kappa shape index (κ2) is 16.4. The van der Waals surface area contributed by atoms with Crippen LogP contribution in [0.3, 0.4) is 0 Å². The number of aryl methyl sites for hydroxylation is 2. The minimum absolute atomic E-state index is 0.0248. The maximum atomic E-state index is 13.8. The summed E-state index contributed by atoms with van der Waals surface area (Å²) in [5.74, 6) is 0.00292. The van der Waals surface area contributed by atoms with Gasteiger partial charge in [-0.15, -0.1) is 0 Å². The number of amides is 2. The van der Waals surface area contributed by atoms with Crippen molar-refractivity contribution in [1.82, 2.24) is 20.8 Å². The van der Waals surface area contributed by atoms with E-state index in [1.54, 1.807) is 12.1 Å². The molecular weight excluding hydrogens is 548 g/mol. The molecular formula is C31H44N8O4. The lowest BCUT2D eigenvalue weighted by atomic mass is 9.95. The average Bonchev–Trinajstić information content (AvgIpc) is 3.42. The summed E-state index contributed by atoms with van der Waals surface area (Å²) in [5.41, 5.74) is 20.7. The molecule has 12 nitrogen and oxygen atoms in total. The third-order valence-electron chi connectivity index (χ3n) is 7.27. The number of nitrogens with two attached hydrogens (primary N) is 3. The standard InChI is InChI=1S/C31H44N8O4/c1-19-15-22(40)16-20(2)23(19)18-26(37-29(41)24(33)11-8-13-27(34)35)30(42)36-25(12-6-7-14-32)31-38-28(39-43-31)17-21-9-4-3-5-10-21/h3-5,9-10,15-16,24-26,40H,6-8,11-14,17-18,32-33H2,1-2H3,(H3,34,35)(H,36,42)(H,37,41). The molecule has 0 aliphatic heterocycles. The minimum Gasteiger partial charge on any atom is -0.508 e. The highest BCUT2D eigenvalue weighted by Gasteiger charge is 2.29. The quantitative estimate of drug-likeness (QED) is 0.0694. The number of hydrogen-bond donors (Lipinski definition) is 7. The lowest BCUT2D eigenvalue weighted by molar-refractivity contribution is -0.130. The van der Waals surface area contributed by atoms with Crippen LogP contribution in [0.25, 0.3) is 0 Å². The van der Waals surface area contributed by atoms with Gasteiger partial charge in [-0.05, 0) is 86.9 Å². The molecule has 2 amide bonds. The second-order valence-electron chi connectivity index (χ2n) is 10.9. The fourth-order valence-electron chi connectivity index (χ4n) is 4.91. The molecule has 0 aliphatic carbocycles. The van der Waals surface area contributed by atoms with E-state index in [-0.39, 0.29) is 23.9 Å². The highest BCUT2D eigenvalue weighted by molar-refractivity contribution is 5.90. The zero-order valence-electron chi connectivity index (χ0n) is 24.9. The predicted octanol–water partition coefficient (Wildman–Crippen LogP) is 2.43. The Bertz CT molecular complexity index is 1340. The normalized spacial score (nSPS) is 13.2. The molecule has 0 radical (unpaired) electrons. The number of rotatable bonds is 17. The first kappa shape index (κ1) is 33.2. The van der Waals surface area contributed by atoms with Crippen LogP contribution in [0.15, 0.2) is 47.0 Å². The maximum Gasteiger partial charge on any atom is 0.249 e. The highest BCUT2D eigenvalue weighted by atomic mass is 16.5. The van der Waals surface area contributed by atoms with Gasteiger partial charge in [0.05, 0.1) is 11.9 Å². The lowest BCUT2D eigenvalue weighted by Crippen LogP contribution is -2.53. The van der Waals surface area contributed by atoms with Gasteiger partial charge in [-0.2, -0.15) is 4.98 Å². The topological polar surface area (TPSA) is 219 Å². The van der Waals surface area contributed by atoms with Gasteiger partial charge < -0.3 is 37.5 Å². The average molecular weight is 593 g/mol. The van der Waals surface area contributed by atoms with Gasteiger partial charge in [-0.3, -0.25) is 15.0 Å². The number of amidine groups is 1. The fourth-order valence-corrected chi connectivity index (χ4v) is 4.91. The zero-order valence-corrected chi connectivity index (χ0v) is 24.9. The van der Waals surface area contributed by atoms with Crippen molar-refractivity contribution >= 4 is 17.6 Å². The molecule has 232 valence electrons. The van der Waals surface area contributed by atoms with Crippen LogP contribution in [0.4, 0.5) is 0 Å². The van der Waals surface area contributed by atoms with Crippen molar-refractivity contribution in [3.8, 4) is 5.75 Å². The molecule has 0 aliphatic rings. The number of phenolic OH excluding ortho intramolecular Hbond substituents is 1. The molecule has 0 fully saturated rings. The van der Waals surface area contributed by atoms with Crippen molar-refractivity contribution in [3.63, 3.8) is 0 Å². The van der Waals surface area contributed by atoms with E-state index in [4.69, 9.17) is 27.1 Å². The summed E-state index contributed by atoms with van der Waals surface area (Å²) in [4.78, 5) is 31.5. The Kier molecular flexibility index (Phi) is 12.6. The van der Waals surface area contributed by atoms with Gasteiger partial charge in [-0.25, -0.2) is 0 Å². The third-order valence-corrected chi connectivity index (χ3v) is 7.27. The van der Waals surface area contributed by atoms with E-state index in [0.29, 0.717) is 50.9 Å². The van der Waals surface area contributed by atoms with E-state index in [2.05, 4.69) is 20.8 Å². The Morgan fingerprint density at radius 3 is 2.37 bits per heavy atom. The third kappa shape index (κ3) is 10.5. The van der Waals surface area contributed by atoms with Crippen LogP contribution in [0, 0.1) is 19.3 Å². The van der Waals surface area contributed by atoms with Crippen LogP contribution >= 0.6 is 0 Å². The summed E-state index contributed by atoms with van der Waals surface area (Å²) >= 11 is 0. The molecule has 0 saturated carbocycles. The number of aromatic hydroxyl groups is 1. The smallest absolute Gasteiger partial charge is 0.249 e. The Morgan fingerprint density at radius 1 is 1.02 bits per heavy atom. The molecule has 43 heavy (non-hydrogen) atoms. The number of carbonyl (C=O) groups excluding carboxylic acids is 2. The molecule has 10 N–H and O–H groups in total. The number of nitrogens with one attached hydrogen (secondary N) is 3. The summed E-state index contributed by atoms with van der Waals surface area (Å²) in [7, 11) is 0. The monoisotopic (exact) mass is 592 g/mol. The van der Waals surface area contributed by atoms with E-state index < -0.39 is 29.9 Å². The zero-order chi connectivity index (χ0) is 31.4. The van der Waals surface area contributed by atoms with Crippen LogP contribution < -0.4 is 27.8 Å². The first-order valence-electron chi connectivity index (χ1n) is 14.6. The number of aromatic nitrogens is 2. The number of benzene rings is 2. The molecule has 3 atom stereocenters. The van der Waals surface area contributed by atoms with Gasteiger partial charge in [0, 0.05) is 19.3 Å². The SMILES string of the molecule is Cc1cc(O)cc(C)c1CC(NC(=O)C(N)CCCC(=N)N)C(=O)NC(CCCCN)c1nc(Cc2ccccc2)no1. The fraction of sp³-hybridized carbons (Fsp3) is 0.452. The Balaban J connectivity index is 1.83. The molecule has 0 spiro atoms. The molecule has 1 heterocycles. The van der Waals surface area contributed by atoms with Crippen molar-refractivity contribution in [3.05, 3.63) is 76.4 Å². The number of hydrogen-bond acceptors (Lipinski definition) is 9. The molecule has 3 aromatic rings. The Morgan fingerprint density at radius 2 is 1.72 bits per heavy atom. The molecule has 3 rings (SSSR count). The van der Waals surface area contributed by atoms with Crippen molar-refractivity contribution < 1.29 is 19.2 Å². The highest BCUT2D eigenvalue weighted by Crippen LogP contribution is 2.23. The molecule has 3 unspecified atom stereocenters. The first-order valence-corrected chi connectivity index (χ1v) is 14.6. The summed E-state index contributed by atoms with van der Waals surface area (Å²) in [6.45, 7) is 4.19. The van der Waals surface area contributed by atoms with E-state index >= 15 is 0 Å². The van der Waals surface area contributed by atoms with Crippen molar-refractivity contribution in [2.75, 3.05) is 6.54 Å². The number of nitrogens with zero attached hydrogens (tertiary/aromatic N) is 2. The first-order chi connectivity index (χ1) is 20.6. The van der Waals surface area contributed by atoms with E-state index in [1.807, 2.05) is 44.2 Å². The minimum atomic E-state index is -0.975. The molecule has 1 aromatic heterocycles. The maximum absolute atomic E-state index is 13.8. The second-order valence-corrected chi connectivity index (χ2v) is 10.9. The van der Waals surface area contributed by atoms with Crippen molar-refractivity contribution in [1.29, 1.82) is 5.41 Å². The van der Waals surface area contributed by atoms with Gasteiger partial charge in [-0.1, -0.05) is 35.5 Å². The van der Waals surface area contributed by atoms with Crippen LogP contribution in [0.2, 0.25) is 0 Å². The van der Waals surface area contributed by atoms with Gasteiger partial charge in [0.25, 0.3) is 0 Å². The lowest BCUT2D eigenvalue weighted by Gasteiger charge is -2.24. The number of carbonyl (C=O) groups is 2. The Hall–Kier alpha value is -4.29. The number of unbranched alkanes of at least 4 members (excludes halogenated alkanes) is 1. The van der Waals surface area contributed by atoms with Crippen LogP contribution in [-0.4, -0.2) is 51.5 Å². The Labute approximate surface area is 252 Å². The van der Waals surface area contributed by atoms with Crippen LogP contribution in [-0.2, 0) is 22.4 Å². The predicted molar refractivity (Wildman–Crippen MR) is 164 cm³/mol. The summed E-state index contributed by atoms with van der Waals surface area (Å²) in [5, 5.41) is 27.4. The molecule has 0 saturated heterocycles. The van der Waals surface area contributed by atoms with E-state index in [9.17, 15) is 14.7 Å². The van der Waals surface area contributed by atoms with Crippen LogP contribution in [0.1, 0.15) is 78.5 Å². The van der Waals surface area contributed by atoms with Gasteiger partial charge in [0.2, 0.25) is 17.7 Å².